The number of piperidine rings is 1. The third kappa shape index (κ3) is 5.11. The molecule has 1 saturated heterocycles. The highest BCUT2D eigenvalue weighted by Gasteiger charge is 2.21. The highest BCUT2D eigenvalue weighted by atomic mass is 19.1. The van der Waals surface area contributed by atoms with Crippen molar-refractivity contribution in [3.05, 3.63) is 30.1 Å². The number of anilines is 1. The fourth-order valence-corrected chi connectivity index (χ4v) is 2.59. The third-order valence-corrected chi connectivity index (χ3v) is 3.75. The zero-order valence-electron chi connectivity index (χ0n) is 12.9. The molecule has 2 amide bonds. The van der Waals surface area contributed by atoms with Crippen molar-refractivity contribution in [3.8, 4) is 0 Å². The van der Waals surface area contributed by atoms with E-state index >= 15 is 0 Å². The SMILES string of the molecule is C[NH+](CC(=O)Nc1ccc(F)cc1)CC(=O)N1CCCCC1. The summed E-state index contributed by atoms with van der Waals surface area (Å²) in [5.74, 6) is -0.421. The lowest BCUT2D eigenvalue weighted by Gasteiger charge is -2.27. The summed E-state index contributed by atoms with van der Waals surface area (Å²) in [4.78, 5) is 26.8. The van der Waals surface area contributed by atoms with Crippen LogP contribution in [0.3, 0.4) is 0 Å². The van der Waals surface area contributed by atoms with Gasteiger partial charge in [0.2, 0.25) is 0 Å². The van der Waals surface area contributed by atoms with Crippen LogP contribution in [0.1, 0.15) is 19.3 Å². The fraction of sp³-hybridized carbons (Fsp3) is 0.500. The van der Waals surface area contributed by atoms with E-state index in [-0.39, 0.29) is 24.2 Å². The van der Waals surface area contributed by atoms with Gasteiger partial charge >= 0.3 is 0 Å². The second-order valence-electron chi connectivity index (χ2n) is 5.81. The standard InChI is InChI=1S/C16H22FN3O2/c1-19(12-16(22)20-9-3-2-4-10-20)11-15(21)18-14-7-5-13(17)6-8-14/h5-8H,2-4,9-12H2,1H3,(H,18,21)/p+1. The molecule has 1 aromatic rings. The summed E-state index contributed by atoms with van der Waals surface area (Å²) < 4.78 is 12.8. The number of carbonyl (C=O) groups is 2. The van der Waals surface area contributed by atoms with Gasteiger partial charge in [-0.2, -0.15) is 0 Å². The molecular weight excluding hydrogens is 285 g/mol. The maximum Gasteiger partial charge on any atom is 0.279 e. The molecule has 1 atom stereocenters. The number of hydrogen-bond acceptors (Lipinski definition) is 2. The van der Waals surface area contributed by atoms with Crippen LogP contribution < -0.4 is 10.2 Å². The fourth-order valence-electron chi connectivity index (χ4n) is 2.59. The molecule has 1 unspecified atom stereocenters. The van der Waals surface area contributed by atoms with Gasteiger partial charge in [0.25, 0.3) is 11.8 Å². The van der Waals surface area contributed by atoms with Crippen LogP contribution in [0.25, 0.3) is 0 Å². The number of amides is 2. The summed E-state index contributed by atoms with van der Waals surface area (Å²) in [6.07, 6.45) is 3.32. The van der Waals surface area contributed by atoms with E-state index in [4.69, 9.17) is 0 Å². The molecule has 1 heterocycles. The van der Waals surface area contributed by atoms with Crippen molar-refractivity contribution in [2.75, 3.05) is 38.5 Å². The van der Waals surface area contributed by atoms with E-state index in [1.165, 1.54) is 30.7 Å². The maximum atomic E-state index is 12.8. The Morgan fingerprint density at radius 3 is 2.41 bits per heavy atom. The number of nitrogens with zero attached hydrogens (tertiary/aromatic N) is 1. The first kappa shape index (κ1) is 16.4. The average Bonchev–Trinajstić information content (AvgIpc) is 2.50. The van der Waals surface area contributed by atoms with E-state index in [9.17, 15) is 14.0 Å². The van der Waals surface area contributed by atoms with Crippen molar-refractivity contribution in [2.24, 2.45) is 0 Å². The van der Waals surface area contributed by atoms with Gasteiger partial charge in [-0.25, -0.2) is 4.39 Å². The van der Waals surface area contributed by atoms with Gasteiger partial charge in [-0.3, -0.25) is 9.59 Å². The summed E-state index contributed by atoms with van der Waals surface area (Å²) >= 11 is 0. The van der Waals surface area contributed by atoms with Crippen LogP contribution in [0.5, 0.6) is 0 Å². The first-order valence-electron chi connectivity index (χ1n) is 7.69. The molecule has 1 aliphatic heterocycles. The highest BCUT2D eigenvalue weighted by Crippen LogP contribution is 2.08. The molecule has 0 aromatic heterocycles. The second kappa shape index (κ2) is 7.89. The number of carbonyl (C=O) groups excluding carboxylic acids is 2. The summed E-state index contributed by atoms with van der Waals surface area (Å²) in [7, 11) is 1.83. The Labute approximate surface area is 130 Å². The van der Waals surface area contributed by atoms with Crippen LogP contribution in [0.4, 0.5) is 10.1 Å². The number of quaternary nitrogens is 1. The molecule has 0 aliphatic carbocycles. The van der Waals surface area contributed by atoms with Gasteiger partial charge in [-0.1, -0.05) is 0 Å². The van der Waals surface area contributed by atoms with Crippen LogP contribution in [0.15, 0.2) is 24.3 Å². The molecule has 0 bridgehead atoms. The van der Waals surface area contributed by atoms with Crippen molar-refractivity contribution < 1.29 is 18.9 Å². The normalized spacial score (nSPS) is 16.2. The quantitative estimate of drug-likeness (QED) is 0.821. The number of rotatable bonds is 5. The van der Waals surface area contributed by atoms with Gasteiger partial charge in [0.1, 0.15) is 5.82 Å². The van der Waals surface area contributed by atoms with Gasteiger partial charge in [-0.15, -0.1) is 0 Å². The first-order valence-corrected chi connectivity index (χ1v) is 7.69. The van der Waals surface area contributed by atoms with Gasteiger partial charge in [-0.05, 0) is 43.5 Å². The van der Waals surface area contributed by atoms with Crippen LogP contribution in [0.2, 0.25) is 0 Å². The molecule has 5 nitrogen and oxygen atoms in total. The molecule has 0 radical (unpaired) electrons. The molecule has 0 saturated carbocycles. The van der Waals surface area contributed by atoms with Gasteiger partial charge in [0.05, 0.1) is 7.05 Å². The molecule has 1 fully saturated rings. The summed E-state index contributed by atoms with van der Waals surface area (Å²) in [6.45, 7) is 2.18. The van der Waals surface area contributed by atoms with Crippen molar-refractivity contribution in [1.82, 2.24) is 4.90 Å². The van der Waals surface area contributed by atoms with Gasteiger partial charge < -0.3 is 15.1 Å². The Morgan fingerprint density at radius 1 is 1.14 bits per heavy atom. The largest absolute Gasteiger partial charge is 0.338 e. The van der Waals surface area contributed by atoms with Crippen molar-refractivity contribution >= 4 is 17.5 Å². The lowest BCUT2D eigenvalue weighted by molar-refractivity contribution is -0.862. The number of likely N-dealkylation sites (tertiary alicyclic amines) is 1. The van der Waals surface area contributed by atoms with Crippen LogP contribution in [-0.2, 0) is 9.59 Å². The van der Waals surface area contributed by atoms with E-state index in [0.717, 1.165) is 30.8 Å². The molecule has 120 valence electrons. The minimum atomic E-state index is -0.340. The zero-order valence-corrected chi connectivity index (χ0v) is 12.9. The third-order valence-electron chi connectivity index (χ3n) is 3.75. The minimum Gasteiger partial charge on any atom is -0.338 e. The summed E-state index contributed by atoms with van der Waals surface area (Å²) in [5, 5.41) is 2.70. The van der Waals surface area contributed by atoms with Crippen molar-refractivity contribution in [2.45, 2.75) is 19.3 Å². The van der Waals surface area contributed by atoms with Crippen molar-refractivity contribution in [3.63, 3.8) is 0 Å². The van der Waals surface area contributed by atoms with E-state index in [1.807, 2.05) is 11.9 Å². The number of benzene rings is 1. The Balaban J connectivity index is 1.75. The lowest BCUT2D eigenvalue weighted by Crippen LogP contribution is -3.11. The van der Waals surface area contributed by atoms with Crippen LogP contribution in [-0.4, -0.2) is 49.9 Å². The van der Waals surface area contributed by atoms with Gasteiger partial charge in [0.15, 0.2) is 13.1 Å². The first-order chi connectivity index (χ1) is 10.5. The zero-order chi connectivity index (χ0) is 15.9. The number of nitrogens with one attached hydrogen (secondary N) is 2. The molecule has 1 aromatic carbocycles. The van der Waals surface area contributed by atoms with E-state index < -0.39 is 0 Å². The minimum absolute atomic E-state index is 0.104. The topological polar surface area (TPSA) is 53.9 Å². The maximum absolute atomic E-state index is 12.8. The molecule has 1 aliphatic rings. The second-order valence-corrected chi connectivity index (χ2v) is 5.81. The molecule has 0 spiro atoms. The Kier molecular flexibility index (Phi) is 5.89. The molecule has 2 N–H and O–H groups in total. The highest BCUT2D eigenvalue weighted by molar-refractivity contribution is 5.91. The molecule has 22 heavy (non-hydrogen) atoms. The molecule has 6 heteroatoms. The lowest BCUT2D eigenvalue weighted by atomic mass is 10.1. The Hall–Kier alpha value is -1.95. The predicted octanol–water partition coefficient (Wildman–Crippen LogP) is 0.291. The van der Waals surface area contributed by atoms with Crippen molar-refractivity contribution in [1.29, 1.82) is 0 Å². The monoisotopic (exact) mass is 308 g/mol. The predicted molar refractivity (Wildman–Crippen MR) is 82.1 cm³/mol. The molecular formula is C16H23FN3O2+. The summed E-state index contributed by atoms with van der Waals surface area (Å²) in [5.41, 5.74) is 0.557. The Bertz CT molecular complexity index is 513. The van der Waals surface area contributed by atoms with Crippen LogP contribution in [0, 0.1) is 5.82 Å². The smallest absolute Gasteiger partial charge is 0.279 e. The van der Waals surface area contributed by atoms with E-state index in [1.54, 1.807) is 0 Å². The summed E-state index contributed by atoms with van der Waals surface area (Å²) in [6, 6.07) is 5.63. The van der Waals surface area contributed by atoms with E-state index in [2.05, 4.69) is 5.32 Å². The average molecular weight is 308 g/mol. The van der Waals surface area contributed by atoms with E-state index in [0.29, 0.717) is 12.2 Å². The molecule has 2 rings (SSSR count). The van der Waals surface area contributed by atoms with Crippen LogP contribution >= 0.6 is 0 Å². The van der Waals surface area contributed by atoms with Gasteiger partial charge in [0, 0.05) is 18.8 Å². The Morgan fingerprint density at radius 2 is 1.77 bits per heavy atom. The number of hydrogen-bond donors (Lipinski definition) is 2. The number of likely N-dealkylation sites (N-methyl/N-ethyl adjacent to an activating group) is 1. The number of halogens is 1.